The van der Waals surface area contributed by atoms with Gasteiger partial charge in [0.05, 0.1) is 12.7 Å². The summed E-state index contributed by atoms with van der Waals surface area (Å²) in [4.78, 5) is 0. The van der Waals surface area contributed by atoms with Crippen molar-refractivity contribution in [1.82, 2.24) is 10.5 Å². The van der Waals surface area contributed by atoms with Gasteiger partial charge in [-0.05, 0) is 18.3 Å². The summed E-state index contributed by atoms with van der Waals surface area (Å²) >= 11 is 0. The minimum absolute atomic E-state index is 0.431. The number of nitrogens with one attached hydrogen (secondary N) is 1. The predicted molar refractivity (Wildman–Crippen MR) is 54.8 cm³/mol. The SMILES string of the molecule is CC1(C)CCCC1NCc1ccno1. The molecule has 1 aliphatic carbocycles. The van der Waals surface area contributed by atoms with Gasteiger partial charge in [0.25, 0.3) is 0 Å². The normalized spacial score (nSPS) is 25.4. The van der Waals surface area contributed by atoms with Gasteiger partial charge in [0, 0.05) is 12.1 Å². The zero-order valence-electron chi connectivity index (χ0n) is 8.92. The molecule has 0 bridgehead atoms. The van der Waals surface area contributed by atoms with E-state index in [-0.39, 0.29) is 0 Å². The lowest BCUT2D eigenvalue weighted by Crippen LogP contribution is -2.37. The van der Waals surface area contributed by atoms with Crippen LogP contribution in [0.25, 0.3) is 0 Å². The molecule has 1 N–H and O–H groups in total. The summed E-state index contributed by atoms with van der Waals surface area (Å²) in [5.74, 6) is 0.924. The van der Waals surface area contributed by atoms with E-state index in [1.165, 1.54) is 19.3 Å². The van der Waals surface area contributed by atoms with Crippen LogP contribution in [0.15, 0.2) is 16.8 Å². The Kier molecular flexibility index (Phi) is 2.59. The van der Waals surface area contributed by atoms with Crippen LogP contribution in [0.2, 0.25) is 0 Å². The van der Waals surface area contributed by atoms with E-state index >= 15 is 0 Å². The maximum atomic E-state index is 5.05. The highest BCUT2D eigenvalue weighted by Gasteiger charge is 2.33. The van der Waals surface area contributed by atoms with Gasteiger partial charge < -0.3 is 9.84 Å². The van der Waals surface area contributed by atoms with Gasteiger partial charge in [-0.1, -0.05) is 25.4 Å². The molecule has 3 heteroatoms. The summed E-state index contributed by atoms with van der Waals surface area (Å²) in [6.45, 7) is 5.46. The van der Waals surface area contributed by atoms with Crippen LogP contribution in [0.5, 0.6) is 0 Å². The van der Waals surface area contributed by atoms with E-state index in [4.69, 9.17) is 4.52 Å². The molecular weight excluding hydrogens is 176 g/mol. The molecule has 0 spiro atoms. The number of aromatic nitrogens is 1. The van der Waals surface area contributed by atoms with Crippen LogP contribution in [0.1, 0.15) is 38.9 Å². The topological polar surface area (TPSA) is 38.1 Å². The third-order valence-corrected chi connectivity index (χ3v) is 3.27. The Morgan fingerprint density at radius 1 is 1.64 bits per heavy atom. The molecule has 1 aromatic heterocycles. The Morgan fingerprint density at radius 2 is 2.50 bits per heavy atom. The molecule has 0 saturated heterocycles. The predicted octanol–water partition coefficient (Wildman–Crippen LogP) is 2.34. The summed E-state index contributed by atoms with van der Waals surface area (Å²) in [5, 5.41) is 7.23. The Labute approximate surface area is 84.9 Å². The maximum absolute atomic E-state index is 5.05. The standard InChI is InChI=1S/C11H18N2O/c1-11(2)6-3-4-10(11)12-8-9-5-7-13-14-9/h5,7,10,12H,3-4,6,8H2,1-2H3. The van der Waals surface area contributed by atoms with Gasteiger partial charge in [-0.3, -0.25) is 0 Å². The molecule has 2 rings (SSSR count). The average molecular weight is 194 g/mol. The van der Waals surface area contributed by atoms with Crippen molar-refractivity contribution in [1.29, 1.82) is 0 Å². The molecule has 0 aromatic carbocycles. The largest absolute Gasteiger partial charge is 0.360 e. The number of rotatable bonds is 3. The number of hydrogen-bond acceptors (Lipinski definition) is 3. The van der Waals surface area contributed by atoms with Gasteiger partial charge in [0.15, 0.2) is 0 Å². The molecule has 1 unspecified atom stereocenters. The summed E-state index contributed by atoms with van der Waals surface area (Å²) < 4.78 is 5.05. The van der Waals surface area contributed by atoms with E-state index in [0.717, 1.165) is 12.3 Å². The third-order valence-electron chi connectivity index (χ3n) is 3.27. The fourth-order valence-electron chi connectivity index (χ4n) is 2.26. The Bertz CT molecular complexity index is 279. The van der Waals surface area contributed by atoms with E-state index in [0.29, 0.717) is 11.5 Å². The van der Waals surface area contributed by atoms with E-state index in [2.05, 4.69) is 24.3 Å². The van der Waals surface area contributed by atoms with Crippen LogP contribution in [-0.4, -0.2) is 11.2 Å². The fraction of sp³-hybridized carbons (Fsp3) is 0.727. The number of hydrogen-bond donors (Lipinski definition) is 1. The van der Waals surface area contributed by atoms with Gasteiger partial charge in [0.2, 0.25) is 0 Å². The first-order chi connectivity index (χ1) is 6.68. The van der Waals surface area contributed by atoms with Crippen molar-refractivity contribution < 1.29 is 4.52 Å². The molecule has 14 heavy (non-hydrogen) atoms. The lowest BCUT2D eigenvalue weighted by molar-refractivity contribution is 0.270. The minimum Gasteiger partial charge on any atom is -0.360 e. The molecular formula is C11H18N2O. The van der Waals surface area contributed by atoms with Crippen LogP contribution >= 0.6 is 0 Å². The molecule has 0 aliphatic heterocycles. The quantitative estimate of drug-likeness (QED) is 0.802. The molecule has 3 nitrogen and oxygen atoms in total. The summed E-state index contributed by atoms with van der Waals surface area (Å²) in [6.07, 6.45) is 5.63. The van der Waals surface area contributed by atoms with Crippen LogP contribution in [0, 0.1) is 5.41 Å². The molecule has 78 valence electrons. The highest BCUT2D eigenvalue weighted by molar-refractivity contribution is 4.96. The zero-order valence-corrected chi connectivity index (χ0v) is 8.92. The van der Waals surface area contributed by atoms with Crippen molar-refractivity contribution in [2.45, 2.75) is 45.7 Å². The van der Waals surface area contributed by atoms with E-state index in [1.807, 2.05) is 6.07 Å². The molecule has 1 heterocycles. The molecule has 1 atom stereocenters. The van der Waals surface area contributed by atoms with Crippen LogP contribution in [0.4, 0.5) is 0 Å². The third kappa shape index (κ3) is 1.98. The smallest absolute Gasteiger partial charge is 0.150 e. The summed E-state index contributed by atoms with van der Waals surface area (Å²) in [6, 6.07) is 2.53. The second-order valence-corrected chi connectivity index (χ2v) is 4.79. The summed E-state index contributed by atoms with van der Waals surface area (Å²) in [5.41, 5.74) is 0.431. The zero-order chi connectivity index (χ0) is 10.0. The highest BCUT2D eigenvalue weighted by Crippen LogP contribution is 2.37. The fourth-order valence-corrected chi connectivity index (χ4v) is 2.26. The minimum atomic E-state index is 0.431. The van der Waals surface area contributed by atoms with Crippen molar-refractivity contribution in [2.24, 2.45) is 5.41 Å². The average Bonchev–Trinajstić information content (AvgIpc) is 2.71. The first kappa shape index (κ1) is 9.71. The first-order valence-electron chi connectivity index (χ1n) is 5.31. The maximum Gasteiger partial charge on any atom is 0.150 e. The molecule has 1 aliphatic rings. The molecule has 1 aromatic rings. The van der Waals surface area contributed by atoms with Gasteiger partial charge >= 0.3 is 0 Å². The molecule has 1 saturated carbocycles. The molecule has 0 amide bonds. The van der Waals surface area contributed by atoms with Gasteiger partial charge in [-0.15, -0.1) is 0 Å². The second-order valence-electron chi connectivity index (χ2n) is 4.79. The van der Waals surface area contributed by atoms with Crippen molar-refractivity contribution in [2.75, 3.05) is 0 Å². The molecule has 0 radical (unpaired) electrons. The first-order valence-corrected chi connectivity index (χ1v) is 5.31. The van der Waals surface area contributed by atoms with Gasteiger partial charge in [0.1, 0.15) is 5.76 Å². The Hall–Kier alpha value is -0.830. The number of nitrogens with zero attached hydrogens (tertiary/aromatic N) is 1. The van der Waals surface area contributed by atoms with Crippen molar-refractivity contribution in [3.8, 4) is 0 Å². The van der Waals surface area contributed by atoms with E-state index in [1.54, 1.807) is 6.20 Å². The molecule has 1 fully saturated rings. The second kappa shape index (κ2) is 3.73. The van der Waals surface area contributed by atoms with Gasteiger partial charge in [-0.25, -0.2) is 0 Å². The van der Waals surface area contributed by atoms with Crippen LogP contribution in [-0.2, 0) is 6.54 Å². The van der Waals surface area contributed by atoms with Crippen LogP contribution < -0.4 is 5.32 Å². The van der Waals surface area contributed by atoms with Crippen molar-refractivity contribution in [3.63, 3.8) is 0 Å². The Morgan fingerprint density at radius 3 is 3.07 bits per heavy atom. The van der Waals surface area contributed by atoms with E-state index < -0.39 is 0 Å². The van der Waals surface area contributed by atoms with Crippen molar-refractivity contribution >= 4 is 0 Å². The highest BCUT2D eigenvalue weighted by atomic mass is 16.5. The van der Waals surface area contributed by atoms with E-state index in [9.17, 15) is 0 Å². The van der Waals surface area contributed by atoms with Gasteiger partial charge in [-0.2, -0.15) is 0 Å². The summed E-state index contributed by atoms with van der Waals surface area (Å²) in [7, 11) is 0. The monoisotopic (exact) mass is 194 g/mol. The van der Waals surface area contributed by atoms with Crippen molar-refractivity contribution in [3.05, 3.63) is 18.0 Å². The lowest BCUT2D eigenvalue weighted by Gasteiger charge is -2.27. The Balaban J connectivity index is 1.86. The lowest BCUT2D eigenvalue weighted by atomic mass is 9.87. The van der Waals surface area contributed by atoms with Crippen LogP contribution in [0.3, 0.4) is 0 Å².